The molecule has 0 bridgehead atoms. The Labute approximate surface area is 224 Å². The van der Waals surface area contributed by atoms with Crippen LogP contribution in [0.3, 0.4) is 0 Å². The van der Waals surface area contributed by atoms with Gasteiger partial charge in [-0.2, -0.15) is 0 Å². The van der Waals surface area contributed by atoms with E-state index in [-0.39, 0.29) is 23.6 Å². The van der Waals surface area contributed by atoms with Crippen LogP contribution < -0.4 is 25.5 Å². The van der Waals surface area contributed by atoms with Crippen molar-refractivity contribution in [2.24, 2.45) is 0 Å². The van der Waals surface area contributed by atoms with E-state index in [1.807, 2.05) is 42.5 Å². The van der Waals surface area contributed by atoms with E-state index < -0.39 is 6.04 Å². The number of para-hydroxylation sites is 2. The van der Waals surface area contributed by atoms with Crippen molar-refractivity contribution in [3.8, 4) is 11.5 Å². The molecule has 7 nitrogen and oxygen atoms in total. The van der Waals surface area contributed by atoms with Gasteiger partial charge >= 0.3 is 0 Å². The fraction of sp³-hybridized carbons (Fsp3) is 0.200. The highest BCUT2D eigenvalue weighted by atomic mass is 35.5. The number of anilines is 2. The summed E-state index contributed by atoms with van der Waals surface area (Å²) in [6.45, 7) is 0. The molecule has 0 saturated heterocycles. The number of allylic oxidation sites excluding steroid dienone is 1. The third kappa shape index (κ3) is 4.09. The van der Waals surface area contributed by atoms with Gasteiger partial charge in [0.2, 0.25) is 0 Å². The van der Waals surface area contributed by atoms with Gasteiger partial charge in [0.25, 0.3) is 0 Å². The van der Waals surface area contributed by atoms with E-state index in [9.17, 15) is 9.59 Å². The third-order valence-corrected chi connectivity index (χ3v) is 7.50. The lowest BCUT2D eigenvalue weighted by Gasteiger charge is -2.29. The lowest BCUT2D eigenvalue weighted by atomic mass is 9.78. The maximum Gasteiger partial charge on any atom is 0.198 e. The van der Waals surface area contributed by atoms with Crippen molar-refractivity contribution in [2.75, 3.05) is 24.9 Å². The summed E-state index contributed by atoms with van der Waals surface area (Å²) in [5.41, 5.74) is 4.46. The Kier molecular flexibility index (Phi) is 6.08. The molecule has 8 heteroatoms. The molecule has 0 spiro atoms. The van der Waals surface area contributed by atoms with E-state index in [4.69, 9.17) is 25.5 Å². The van der Waals surface area contributed by atoms with Gasteiger partial charge in [0.05, 0.1) is 42.6 Å². The number of nitrogens with one attached hydrogen (secondary N) is 2. The van der Waals surface area contributed by atoms with Gasteiger partial charge in [0, 0.05) is 22.7 Å². The Bertz CT molecular complexity index is 1680. The van der Waals surface area contributed by atoms with Crippen molar-refractivity contribution in [3.05, 3.63) is 105 Å². The van der Waals surface area contributed by atoms with Crippen molar-refractivity contribution < 1.29 is 18.7 Å². The van der Waals surface area contributed by atoms with Crippen molar-refractivity contribution >= 4 is 39.7 Å². The van der Waals surface area contributed by atoms with Crippen LogP contribution >= 0.6 is 11.6 Å². The molecule has 2 N–H and O–H groups in total. The zero-order chi connectivity index (χ0) is 26.4. The molecule has 0 saturated carbocycles. The molecule has 192 valence electrons. The normalized spacial score (nSPS) is 18.7. The molecule has 1 aromatic heterocycles. The molecule has 2 unspecified atom stereocenters. The quantitative estimate of drug-likeness (QED) is 0.315. The van der Waals surface area contributed by atoms with Gasteiger partial charge in [-0.25, -0.2) is 0 Å². The molecular formula is C30H25ClN2O5. The van der Waals surface area contributed by atoms with Crippen LogP contribution in [-0.2, 0) is 4.79 Å². The number of hydrogen-bond donors (Lipinski definition) is 2. The predicted octanol–water partition coefficient (Wildman–Crippen LogP) is 6.44. The second-order valence-corrected chi connectivity index (χ2v) is 9.88. The first kappa shape index (κ1) is 24.1. The summed E-state index contributed by atoms with van der Waals surface area (Å²) in [5, 5.41) is 7.75. The molecule has 1 aliphatic carbocycles. The molecule has 6 rings (SSSR count). The number of carbonyl (C=O) groups excluding carboxylic acids is 1. The van der Waals surface area contributed by atoms with Gasteiger partial charge in [0.15, 0.2) is 22.7 Å². The average molecular weight is 529 g/mol. The minimum Gasteiger partial charge on any atom is -0.493 e. The number of hydrogen-bond acceptors (Lipinski definition) is 7. The van der Waals surface area contributed by atoms with Crippen LogP contribution in [0, 0.1) is 0 Å². The fourth-order valence-corrected chi connectivity index (χ4v) is 5.56. The summed E-state index contributed by atoms with van der Waals surface area (Å²) in [4.78, 5) is 27.5. The smallest absolute Gasteiger partial charge is 0.198 e. The Hall–Kier alpha value is -4.23. The maximum absolute atomic E-state index is 13.9. The summed E-state index contributed by atoms with van der Waals surface area (Å²) >= 11 is 6.18. The van der Waals surface area contributed by atoms with Gasteiger partial charge in [-0.15, -0.1) is 0 Å². The van der Waals surface area contributed by atoms with E-state index >= 15 is 0 Å². The molecular weight excluding hydrogens is 504 g/mol. The van der Waals surface area contributed by atoms with Crippen LogP contribution in [0.5, 0.6) is 11.5 Å². The molecule has 3 aromatic carbocycles. The second kappa shape index (κ2) is 9.58. The Balaban J connectivity index is 1.48. The fourth-order valence-electron chi connectivity index (χ4n) is 5.39. The Morgan fingerprint density at radius 2 is 1.71 bits per heavy atom. The summed E-state index contributed by atoms with van der Waals surface area (Å²) in [7, 11) is 3.19. The van der Waals surface area contributed by atoms with Crippen LogP contribution in [0.15, 0.2) is 87.4 Å². The van der Waals surface area contributed by atoms with Crippen LogP contribution in [0.2, 0.25) is 5.02 Å². The topological polar surface area (TPSA) is 89.8 Å². The molecule has 0 fully saturated rings. The third-order valence-electron chi connectivity index (χ3n) is 7.26. The standard InChI is InChI=1S/C30H25ClN2O5/c1-36-26-9-7-16(13-27(26)37-2)17-11-23-28(24(34)12-17)29(33-22-6-4-3-5-21(22)32-23)20-15-38-25-10-8-18(31)14-19(25)30(20)35/h3-10,13-15,17,29,32-33H,11-12H2,1-2H3. The molecule has 2 heterocycles. The van der Waals surface area contributed by atoms with Crippen molar-refractivity contribution in [3.63, 3.8) is 0 Å². The van der Waals surface area contributed by atoms with Crippen LogP contribution in [0.25, 0.3) is 11.0 Å². The van der Waals surface area contributed by atoms with Gasteiger partial charge in [-0.3, -0.25) is 9.59 Å². The van der Waals surface area contributed by atoms with Crippen molar-refractivity contribution in [1.82, 2.24) is 0 Å². The first-order valence-electron chi connectivity index (χ1n) is 12.3. The lowest BCUT2D eigenvalue weighted by molar-refractivity contribution is -0.116. The molecule has 0 radical (unpaired) electrons. The van der Waals surface area contributed by atoms with Crippen molar-refractivity contribution in [1.29, 1.82) is 0 Å². The number of ketones is 1. The van der Waals surface area contributed by atoms with Crippen LogP contribution in [0.4, 0.5) is 11.4 Å². The SMILES string of the molecule is COc1ccc(C2CC(=O)C3=C(C2)Nc2ccccc2NC3c2coc3ccc(Cl)cc3c2=O)cc1OC. The number of halogens is 1. The highest BCUT2D eigenvalue weighted by Gasteiger charge is 2.37. The summed E-state index contributed by atoms with van der Waals surface area (Å²) in [6, 6.07) is 17.7. The van der Waals surface area contributed by atoms with Gasteiger partial charge in [0.1, 0.15) is 11.8 Å². The minimum absolute atomic E-state index is 0.0468. The largest absolute Gasteiger partial charge is 0.493 e. The highest BCUT2D eigenvalue weighted by molar-refractivity contribution is 6.31. The van der Waals surface area contributed by atoms with Gasteiger partial charge in [-0.1, -0.05) is 29.8 Å². The monoisotopic (exact) mass is 528 g/mol. The zero-order valence-corrected chi connectivity index (χ0v) is 21.6. The lowest BCUT2D eigenvalue weighted by Crippen LogP contribution is -2.29. The van der Waals surface area contributed by atoms with Gasteiger partial charge < -0.3 is 24.5 Å². The number of methoxy groups -OCH3 is 2. The first-order chi connectivity index (χ1) is 18.5. The number of ether oxygens (including phenoxy) is 2. The van der Waals surface area contributed by atoms with Crippen LogP contribution in [-0.4, -0.2) is 20.0 Å². The van der Waals surface area contributed by atoms with Crippen molar-refractivity contribution in [2.45, 2.75) is 24.8 Å². The first-order valence-corrected chi connectivity index (χ1v) is 12.7. The number of fused-ring (bicyclic) bond motifs is 2. The Morgan fingerprint density at radius 3 is 2.50 bits per heavy atom. The Morgan fingerprint density at radius 1 is 0.921 bits per heavy atom. The van der Waals surface area contributed by atoms with E-state index in [1.54, 1.807) is 32.4 Å². The summed E-state index contributed by atoms with van der Waals surface area (Å²) in [5.74, 6) is 1.12. The average Bonchev–Trinajstić information content (AvgIpc) is 3.10. The molecule has 2 aliphatic rings. The number of benzene rings is 3. The molecule has 4 aromatic rings. The predicted molar refractivity (Wildman–Crippen MR) is 147 cm³/mol. The number of carbonyl (C=O) groups is 1. The number of rotatable bonds is 4. The highest BCUT2D eigenvalue weighted by Crippen LogP contribution is 2.45. The molecule has 0 amide bonds. The van der Waals surface area contributed by atoms with E-state index in [2.05, 4.69) is 10.6 Å². The van der Waals surface area contributed by atoms with E-state index in [1.165, 1.54) is 6.26 Å². The van der Waals surface area contributed by atoms with E-state index in [0.717, 1.165) is 22.6 Å². The maximum atomic E-state index is 13.9. The summed E-state index contributed by atoms with van der Waals surface area (Å²) < 4.78 is 16.7. The zero-order valence-electron chi connectivity index (χ0n) is 20.8. The van der Waals surface area contributed by atoms with Gasteiger partial charge in [-0.05, 0) is 60.4 Å². The molecule has 38 heavy (non-hydrogen) atoms. The summed E-state index contributed by atoms with van der Waals surface area (Å²) in [6.07, 6.45) is 2.31. The van der Waals surface area contributed by atoms with E-state index in [0.29, 0.717) is 45.0 Å². The van der Waals surface area contributed by atoms with Crippen LogP contribution in [0.1, 0.15) is 35.9 Å². The minimum atomic E-state index is -0.695. The number of Topliss-reactive ketones (excluding diaryl/α,β-unsaturated/α-hetero) is 1. The second-order valence-electron chi connectivity index (χ2n) is 9.44. The molecule has 2 atom stereocenters. The molecule has 1 aliphatic heterocycles.